The summed E-state index contributed by atoms with van der Waals surface area (Å²) in [5, 5.41) is 12.6. The standard InChI is InChI=1S/C22H27N5O3/c1-7-30-22(29)18-13(4)19(23-14(18)5)20(28)15(6)27-25-21(24-26-27)17-10-8-16(9-11-17)12(2)3/h8-12,15,23H,7H2,1-6H3/t15-/m1/s1. The average Bonchev–Trinajstić information content (AvgIpc) is 3.32. The minimum Gasteiger partial charge on any atom is -0.462 e. The lowest BCUT2D eigenvalue weighted by Gasteiger charge is -2.08. The Kier molecular flexibility index (Phi) is 6.14. The number of hydrogen-bond donors (Lipinski definition) is 1. The Morgan fingerprint density at radius 3 is 2.40 bits per heavy atom. The smallest absolute Gasteiger partial charge is 0.340 e. The van der Waals surface area contributed by atoms with Crippen molar-refractivity contribution in [1.29, 1.82) is 0 Å². The van der Waals surface area contributed by atoms with Gasteiger partial charge in [0.15, 0.2) is 0 Å². The van der Waals surface area contributed by atoms with Gasteiger partial charge in [-0.05, 0) is 50.0 Å². The second kappa shape index (κ2) is 8.61. The minimum atomic E-state index is -0.687. The molecule has 0 aliphatic carbocycles. The maximum atomic E-state index is 13.1. The predicted molar refractivity (Wildman–Crippen MR) is 113 cm³/mol. The second-order valence-electron chi connectivity index (χ2n) is 7.60. The Bertz CT molecular complexity index is 1060. The maximum absolute atomic E-state index is 13.1. The second-order valence-corrected chi connectivity index (χ2v) is 7.60. The molecule has 0 saturated carbocycles. The number of aryl methyl sites for hydroxylation is 1. The number of ketones is 1. The van der Waals surface area contributed by atoms with Crippen LogP contribution in [0.15, 0.2) is 24.3 Å². The number of esters is 1. The molecule has 8 heteroatoms. The van der Waals surface area contributed by atoms with E-state index in [1.807, 2.05) is 24.3 Å². The molecule has 0 unspecified atom stereocenters. The molecule has 0 aliphatic rings. The van der Waals surface area contributed by atoms with Crippen LogP contribution >= 0.6 is 0 Å². The quantitative estimate of drug-likeness (QED) is 0.467. The van der Waals surface area contributed by atoms with E-state index in [9.17, 15) is 9.59 Å². The number of benzene rings is 1. The van der Waals surface area contributed by atoms with Gasteiger partial charge in [0.2, 0.25) is 11.6 Å². The summed E-state index contributed by atoms with van der Waals surface area (Å²) < 4.78 is 5.09. The van der Waals surface area contributed by atoms with Gasteiger partial charge in [-0.3, -0.25) is 4.79 Å². The summed E-state index contributed by atoms with van der Waals surface area (Å²) in [7, 11) is 0. The number of H-pyrrole nitrogens is 1. The number of Topliss-reactive ketones (excluding diaryl/α,β-unsaturated/α-hetero) is 1. The van der Waals surface area contributed by atoms with Crippen LogP contribution in [0, 0.1) is 13.8 Å². The SMILES string of the molecule is CCOC(=O)c1c(C)[nH]c(C(=O)[C@@H](C)n2nnc(-c3ccc(C(C)C)cc3)n2)c1C. The maximum Gasteiger partial charge on any atom is 0.340 e. The van der Waals surface area contributed by atoms with Gasteiger partial charge in [-0.1, -0.05) is 38.1 Å². The van der Waals surface area contributed by atoms with Crippen molar-refractivity contribution in [3.63, 3.8) is 0 Å². The number of rotatable bonds is 7. The zero-order chi connectivity index (χ0) is 22.0. The highest BCUT2D eigenvalue weighted by molar-refractivity contribution is 6.03. The third-order valence-electron chi connectivity index (χ3n) is 5.15. The van der Waals surface area contributed by atoms with E-state index in [2.05, 4.69) is 34.2 Å². The third kappa shape index (κ3) is 4.03. The summed E-state index contributed by atoms with van der Waals surface area (Å²) >= 11 is 0. The zero-order valence-electron chi connectivity index (χ0n) is 18.2. The van der Waals surface area contributed by atoms with Crippen molar-refractivity contribution in [3.8, 4) is 11.4 Å². The summed E-state index contributed by atoms with van der Waals surface area (Å²) in [6.07, 6.45) is 0. The molecular formula is C22H27N5O3. The largest absolute Gasteiger partial charge is 0.462 e. The van der Waals surface area contributed by atoms with Gasteiger partial charge in [0.25, 0.3) is 0 Å². The molecule has 1 aromatic carbocycles. The minimum absolute atomic E-state index is 0.231. The van der Waals surface area contributed by atoms with Crippen molar-refractivity contribution in [2.24, 2.45) is 0 Å². The van der Waals surface area contributed by atoms with Crippen LogP contribution in [0.2, 0.25) is 0 Å². The fraction of sp³-hybridized carbons (Fsp3) is 0.409. The van der Waals surface area contributed by atoms with E-state index in [4.69, 9.17) is 4.74 Å². The summed E-state index contributed by atoms with van der Waals surface area (Å²) in [5.41, 5.74) is 3.96. The Morgan fingerprint density at radius 2 is 1.80 bits per heavy atom. The molecule has 8 nitrogen and oxygen atoms in total. The molecule has 2 aromatic heterocycles. The lowest BCUT2D eigenvalue weighted by molar-refractivity contribution is 0.0525. The topological polar surface area (TPSA) is 103 Å². The van der Waals surface area contributed by atoms with E-state index < -0.39 is 12.0 Å². The number of nitrogens with zero attached hydrogens (tertiary/aromatic N) is 4. The Hall–Kier alpha value is -3.29. The number of hydrogen-bond acceptors (Lipinski definition) is 6. The molecule has 0 spiro atoms. The normalized spacial score (nSPS) is 12.2. The number of ether oxygens (including phenoxy) is 1. The summed E-state index contributed by atoms with van der Waals surface area (Å²) in [4.78, 5) is 29.6. The molecule has 0 radical (unpaired) electrons. The van der Waals surface area contributed by atoms with Crippen LogP contribution in [0.25, 0.3) is 11.4 Å². The summed E-state index contributed by atoms with van der Waals surface area (Å²) in [6.45, 7) is 11.5. The van der Waals surface area contributed by atoms with Crippen LogP contribution in [-0.4, -0.2) is 43.6 Å². The van der Waals surface area contributed by atoms with Crippen LogP contribution in [0.4, 0.5) is 0 Å². The first-order valence-corrected chi connectivity index (χ1v) is 10.0. The number of carbonyl (C=O) groups is 2. The number of carbonyl (C=O) groups excluding carboxylic acids is 2. The molecule has 3 aromatic rings. The zero-order valence-corrected chi connectivity index (χ0v) is 18.2. The van der Waals surface area contributed by atoms with Gasteiger partial charge >= 0.3 is 5.97 Å². The van der Waals surface area contributed by atoms with E-state index in [-0.39, 0.29) is 12.4 Å². The Morgan fingerprint density at radius 1 is 1.13 bits per heavy atom. The highest BCUT2D eigenvalue weighted by Gasteiger charge is 2.27. The van der Waals surface area contributed by atoms with Crippen LogP contribution in [0.5, 0.6) is 0 Å². The van der Waals surface area contributed by atoms with Crippen molar-refractivity contribution in [1.82, 2.24) is 25.2 Å². The van der Waals surface area contributed by atoms with Crippen molar-refractivity contribution >= 4 is 11.8 Å². The van der Waals surface area contributed by atoms with Gasteiger partial charge in [-0.2, -0.15) is 4.80 Å². The van der Waals surface area contributed by atoms with Gasteiger partial charge in [-0.25, -0.2) is 4.79 Å². The van der Waals surface area contributed by atoms with Crippen molar-refractivity contribution < 1.29 is 14.3 Å². The van der Waals surface area contributed by atoms with Crippen LogP contribution in [-0.2, 0) is 4.74 Å². The molecule has 1 atom stereocenters. The van der Waals surface area contributed by atoms with Crippen molar-refractivity contribution in [2.45, 2.75) is 53.5 Å². The Balaban J connectivity index is 1.84. The Labute approximate surface area is 175 Å². The van der Waals surface area contributed by atoms with Crippen LogP contribution in [0.3, 0.4) is 0 Å². The van der Waals surface area contributed by atoms with E-state index in [0.717, 1.165) is 5.56 Å². The molecular weight excluding hydrogens is 382 g/mol. The number of aromatic amines is 1. The lowest BCUT2D eigenvalue weighted by Crippen LogP contribution is -2.20. The first kappa shape index (κ1) is 21.4. The fourth-order valence-corrected chi connectivity index (χ4v) is 3.34. The monoisotopic (exact) mass is 409 g/mol. The van der Waals surface area contributed by atoms with Crippen molar-refractivity contribution in [2.75, 3.05) is 6.61 Å². The van der Waals surface area contributed by atoms with E-state index in [1.165, 1.54) is 10.4 Å². The lowest BCUT2D eigenvalue weighted by atomic mass is 10.0. The molecule has 30 heavy (non-hydrogen) atoms. The van der Waals surface area contributed by atoms with E-state index in [1.54, 1.807) is 27.7 Å². The summed E-state index contributed by atoms with van der Waals surface area (Å²) in [5.74, 6) is 0.218. The number of aromatic nitrogens is 5. The highest BCUT2D eigenvalue weighted by atomic mass is 16.5. The molecule has 3 rings (SSSR count). The van der Waals surface area contributed by atoms with E-state index in [0.29, 0.717) is 34.3 Å². The molecule has 1 N–H and O–H groups in total. The highest BCUT2D eigenvalue weighted by Crippen LogP contribution is 2.24. The third-order valence-corrected chi connectivity index (χ3v) is 5.15. The molecule has 158 valence electrons. The predicted octanol–water partition coefficient (Wildman–Crippen LogP) is 4.03. The van der Waals surface area contributed by atoms with Crippen LogP contribution < -0.4 is 0 Å². The average molecular weight is 409 g/mol. The molecule has 0 saturated heterocycles. The molecule has 2 heterocycles. The summed E-state index contributed by atoms with van der Waals surface area (Å²) in [6, 6.07) is 7.29. The van der Waals surface area contributed by atoms with Gasteiger partial charge in [-0.15, -0.1) is 10.2 Å². The first-order valence-electron chi connectivity index (χ1n) is 10.0. The van der Waals surface area contributed by atoms with Gasteiger partial charge < -0.3 is 9.72 Å². The number of nitrogens with one attached hydrogen (secondary N) is 1. The van der Waals surface area contributed by atoms with Gasteiger partial charge in [0, 0.05) is 11.3 Å². The van der Waals surface area contributed by atoms with Crippen molar-refractivity contribution in [3.05, 3.63) is 52.3 Å². The molecule has 0 fully saturated rings. The molecule has 0 bridgehead atoms. The molecule has 0 amide bonds. The number of tetrazole rings is 1. The fourth-order valence-electron chi connectivity index (χ4n) is 3.34. The van der Waals surface area contributed by atoms with Crippen LogP contribution in [0.1, 0.15) is 77.3 Å². The first-order chi connectivity index (χ1) is 14.2. The van der Waals surface area contributed by atoms with Gasteiger partial charge in [0.05, 0.1) is 17.9 Å². The van der Waals surface area contributed by atoms with Gasteiger partial charge in [0.1, 0.15) is 6.04 Å². The van der Waals surface area contributed by atoms with E-state index >= 15 is 0 Å². The molecule has 0 aliphatic heterocycles.